The van der Waals surface area contributed by atoms with E-state index in [-0.39, 0.29) is 5.78 Å². The van der Waals surface area contributed by atoms with Gasteiger partial charge in [0.2, 0.25) is 0 Å². The predicted molar refractivity (Wildman–Crippen MR) is 77.9 cm³/mol. The van der Waals surface area contributed by atoms with Crippen LogP contribution in [0.5, 0.6) is 0 Å². The zero-order valence-electron chi connectivity index (χ0n) is 10.7. The third-order valence-corrected chi connectivity index (χ3v) is 3.09. The van der Waals surface area contributed by atoms with E-state index < -0.39 is 0 Å². The van der Waals surface area contributed by atoms with Gasteiger partial charge >= 0.3 is 0 Å². The van der Waals surface area contributed by atoms with Gasteiger partial charge in [-0.15, -0.1) is 0 Å². The normalized spacial score (nSPS) is 10.4. The monoisotopic (exact) mass is 263 g/mol. The Balaban J connectivity index is 2.01. The first kappa shape index (κ1) is 12.2. The zero-order valence-corrected chi connectivity index (χ0v) is 10.7. The van der Waals surface area contributed by atoms with Crippen LogP contribution in [0.25, 0.3) is 5.69 Å². The Morgan fingerprint density at radius 2 is 1.55 bits per heavy atom. The van der Waals surface area contributed by atoms with Gasteiger partial charge in [0.05, 0.1) is 17.4 Å². The molecule has 0 fully saturated rings. The van der Waals surface area contributed by atoms with Crippen molar-refractivity contribution in [2.24, 2.45) is 0 Å². The van der Waals surface area contributed by atoms with Crippen LogP contribution in [0, 0.1) is 0 Å². The van der Waals surface area contributed by atoms with Gasteiger partial charge in [0.1, 0.15) is 5.82 Å². The molecule has 0 bridgehead atoms. The summed E-state index contributed by atoms with van der Waals surface area (Å²) in [6.45, 7) is 0. The van der Waals surface area contributed by atoms with Crippen LogP contribution in [0.15, 0.2) is 66.9 Å². The maximum atomic E-state index is 12.4. The molecule has 3 rings (SSSR count). The molecule has 1 heterocycles. The van der Waals surface area contributed by atoms with E-state index in [2.05, 4.69) is 5.10 Å². The van der Waals surface area contributed by atoms with Crippen LogP contribution in [0.3, 0.4) is 0 Å². The molecule has 2 aromatic carbocycles. The maximum Gasteiger partial charge on any atom is 0.198 e. The number of para-hydroxylation sites is 1. The van der Waals surface area contributed by atoms with Crippen molar-refractivity contribution in [1.29, 1.82) is 0 Å². The molecule has 4 heteroatoms. The topological polar surface area (TPSA) is 60.9 Å². The van der Waals surface area contributed by atoms with E-state index in [4.69, 9.17) is 5.73 Å². The molecule has 0 saturated heterocycles. The number of hydrogen-bond acceptors (Lipinski definition) is 3. The van der Waals surface area contributed by atoms with Crippen molar-refractivity contribution in [3.8, 4) is 5.69 Å². The highest BCUT2D eigenvalue weighted by Crippen LogP contribution is 2.19. The van der Waals surface area contributed by atoms with Gasteiger partial charge in [0.25, 0.3) is 0 Å². The summed E-state index contributed by atoms with van der Waals surface area (Å²) in [4.78, 5) is 12.4. The van der Waals surface area contributed by atoms with Crippen LogP contribution in [0.4, 0.5) is 5.82 Å². The van der Waals surface area contributed by atoms with Crippen LogP contribution in [-0.4, -0.2) is 15.6 Å². The number of carbonyl (C=O) groups excluding carboxylic acids is 1. The smallest absolute Gasteiger partial charge is 0.198 e. The van der Waals surface area contributed by atoms with E-state index in [1.165, 1.54) is 6.20 Å². The fraction of sp³-hybridized carbons (Fsp3) is 0. The molecule has 0 unspecified atom stereocenters. The molecule has 1 aromatic heterocycles. The second-order valence-corrected chi connectivity index (χ2v) is 4.39. The summed E-state index contributed by atoms with van der Waals surface area (Å²) >= 11 is 0. The highest BCUT2D eigenvalue weighted by molar-refractivity contribution is 6.11. The third-order valence-electron chi connectivity index (χ3n) is 3.09. The molecule has 4 nitrogen and oxygen atoms in total. The number of anilines is 1. The minimum atomic E-state index is -0.120. The first-order valence-corrected chi connectivity index (χ1v) is 6.26. The zero-order chi connectivity index (χ0) is 13.9. The van der Waals surface area contributed by atoms with Gasteiger partial charge in [-0.2, -0.15) is 5.10 Å². The Labute approximate surface area is 116 Å². The van der Waals surface area contributed by atoms with Gasteiger partial charge in [-0.1, -0.05) is 48.5 Å². The first-order chi connectivity index (χ1) is 9.77. The van der Waals surface area contributed by atoms with Crippen molar-refractivity contribution in [1.82, 2.24) is 9.78 Å². The molecule has 0 amide bonds. The third kappa shape index (κ3) is 2.07. The summed E-state index contributed by atoms with van der Waals surface area (Å²) < 4.78 is 1.57. The van der Waals surface area contributed by atoms with Crippen molar-refractivity contribution in [2.75, 3.05) is 5.73 Å². The molecule has 0 atom stereocenters. The second-order valence-electron chi connectivity index (χ2n) is 4.39. The van der Waals surface area contributed by atoms with E-state index in [0.717, 1.165) is 5.69 Å². The maximum absolute atomic E-state index is 12.4. The number of hydrogen-bond donors (Lipinski definition) is 1. The van der Waals surface area contributed by atoms with Crippen molar-refractivity contribution < 1.29 is 4.79 Å². The lowest BCUT2D eigenvalue weighted by atomic mass is 10.1. The van der Waals surface area contributed by atoms with E-state index in [0.29, 0.717) is 16.9 Å². The number of nitrogen functional groups attached to an aromatic ring is 1. The summed E-state index contributed by atoms with van der Waals surface area (Å²) in [5.74, 6) is 0.232. The molecule has 0 aliphatic heterocycles. The number of aromatic nitrogens is 2. The van der Waals surface area contributed by atoms with Crippen LogP contribution in [0.1, 0.15) is 15.9 Å². The summed E-state index contributed by atoms with van der Waals surface area (Å²) in [5, 5.41) is 4.20. The fourth-order valence-electron chi connectivity index (χ4n) is 2.05. The molecule has 2 N–H and O–H groups in total. The average molecular weight is 263 g/mol. The minimum Gasteiger partial charge on any atom is -0.383 e. The molecule has 0 aliphatic carbocycles. The van der Waals surface area contributed by atoms with Crippen LogP contribution in [0.2, 0.25) is 0 Å². The standard InChI is InChI=1S/C16H13N3O/c17-16-14(15(20)12-7-3-1-4-8-12)11-18-19(16)13-9-5-2-6-10-13/h1-11H,17H2. The minimum absolute atomic E-state index is 0.120. The summed E-state index contributed by atoms with van der Waals surface area (Å²) in [5.41, 5.74) is 7.90. The molecule has 0 aliphatic rings. The molecule has 3 aromatic rings. The van der Waals surface area contributed by atoms with Gasteiger partial charge in [0, 0.05) is 5.56 Å². The number of rotatable bonds is 3. The Hall–Kier alpha value is -2.88. The fourth-order valence-corrected chi connectivity index (χ4v) is 2.05. The summed E-state index contributed by atoms with van der Waals surface area (Å²) in [7, 11) is 0. The molecule has 0 spiro atoms. The quantitative estimate of drug-likeness (QED) is 0.739. The van der Waals surface area contributed by atoms with Gasteiger partial charge in [0.15, 0.2) is 5.78 Å². The Morgan fingerprint density at radius 3 is 2.20 bits per heavy atom. The average Bonchev–Trinajstić information content (AvgIpc) is 2.90. The number of ketones is 1. The highest BCUT2D eigenvalue weighted by atomic mass is 16.1. The number of nitrogens with zero attached hydrogens (tertiary/aromatic N) is 2. The SMILES string of the molecule is Nc1c(C(=O)c2ccccc2)cnn1-c1ccccc1. The van der Waals surface area contributed by atoms with E-state index in [1.807, 2.05) is 48.5 Å². The van der Waals surface area contributed by atoms with Crippen LogP contribution < -0.4 is 5.73 Å². The van der Waals surface area contributed by atoms with Crippen molar-refractivity contribution in [3.05, 3.63) is 78.0 Å². The summed E-state index contributed by atoms with van der Waals surface area (Å²) in [6.07, 6.45) is 1.51. The first-order valence-electron chi connectivity index (χ1n) is 6.26. The largest absolute Gasteiger partial charge is 0.383 e. The molecule has 0 saturated carbocycles. The Kier molecular flexibility index (Phi) is 3.05. The van der Waals surface area contributed by atoms with Gasteiger partial charge in [-0.3, -0.25) is 4.79 Å². The number of carbonyl (C=O) groups is 1. The van der Waals surface area contributed by atoms with Crippen molar-refractivity contribution in [2.45, 2.75) is 0 Å². The Bertz CT molecular complexity index is 733. The molecule has 98 valence electrons. The van der Waals surface area contributed by atoms with E-state index in [9.17, 15) is 4.79 Å². The van der Waals surface area contributed by atoms with E-state index >= 15 is 0 Å². The lowest BCUT2D eigenvalue weighted by Crippen LogP contribution is -2.07. The van der Waals surface area contributed by atoms with Gasteiger partial charge in [-0.05, 0) is 12.1 Å². The lowest BCUT2D eigenvalue weighted by molar-refractivity contribution is 0.103. The molecule has 20 heavy (non-hydrogen) atoms. The molecular formula is C16H13N3O. The number of nitrogens with two attached hydrogens (primary N) is 1. The second kappa shape index (κ2) is 5.01. The van der Waals surface area contributed by atoms with Crippen molar-refractivity contribution >= 4 is 11.6 Å². The van der Waals surface area contributed by atoms with Crippen LogP contribution >= 0.6 is 0 Å². The number of benzene rings is 2. The predicted octanol–water partition coefficient (Wildman–Crippen LogP) is 2.69. The molecule has 0 radical (unpaired) electrons. The lowest BCUT2D eigenvalue weighted by Gasteiger charge is -2.04. The van der Waals surface area contributed by atoms with Gasteiger partial charge in [-0.25, -0.2) is 4.68 Å². The summed E-state index contributed by atoms with van der Waals surface area (Å²) in [6, 6.07) is 18.5. The highest BCUT2D eigenvalue weighted by Gasteiger charge is 2.17. The van der Waals surface area contributed by atoms with Crippen molar-refractivity contribution in [3.63, 3.8) is 0 Å². The molecular weight excluding hydrogens is 250 g/mol. The van der Waals surface area contributed by atoms with E-state index in [1.54, 1.807) is 16.8 Å². The van der Waals surface area contributed by atoms with Crippen LogP contribution in [-0.2, 0) is 0 Å². The van der Waals surface area contributed by atoms with Gasteiger partial charge < -0.3 is 5.73 Å². The Morgan fingerprint density at radius 1 is 0.950 bits per heavy atom.